The largest absolute Gasteiger partial charge is 0.573 e. The van der Waals surface area contributed by atoms with Gasteiger partial charge in [-0.05, 0) is 23.8 Å². The van der Waals surface area contributed by atoms with Crippen molar-refractivity contribution in [3.05, 3.63) is 53.6 Å². The number of nitrogens with one attached hydrogen (secondary N) is 1. The van der Waals surface area contributed by atoms with Crippen LogP contribution in [0.15, 0.2) is 42.5 Å². The topological polar surface area (TPSA) is 43.0 Å². The molecular weight excluding hydrogens is 361 g/mol. The first-order chi connectivity index (χ1) is 13.0. The molecule has 2 aromatic rings. The van der Waals surface area contributed by atoms with E-state index in [1.807, 2.05) is 18.2 Å². The average Bonchev–Trinajstić information content (AvgIpc) is 3.13. The summed E-state index contributed by atoms with van der Waals surface area (Å²) in [5.41, 5.74) is 1.81. The van der Waals surface area contributed by atoms with Crippen molar-refractivity contribution in [3.8, 4) is 17.2 Å². The van der Waals surface area contributed by atoms with Crippen molar-refractivity contribution in [1.82, 2.24) is 10.2 Å². The van der Waals surface area contributed by atoms with E-state index in [0.717, 1.165) is 37.3 Å². The van der Waals surface area contributed by atoms with Crippen molar-refractivity contribution in [1.29, 1.82) is 0 Å². The maximum atomic E-state index is 12.4. The van der Waals surface area contributed by atoms with E-state index in [1.54, 1.807) is 12.1 Å². The van der Waals surface area contributed by atoms with E-state index in [1.165, 1.54) is 12.1 Å². The van der Waals surface area contributed by atoms with Gasteiger partial charge in [0, 0.05) is 31.7 Å². The maximum Gasteiger partial charge on any atom is 0.573 e. The summed E-state index contributed by atoms with van der Waals surface area (Å²) in [6, 6.07) is 11.6. The van der Waals surface area contributed by atoms with Crippen LogP contribution < -0.4 is 19.5 Å². The number of halogens is 3. The van der Waals surface area contributed by atoms with Gasteiger partial charge in [-0.2, -0.15) is 0 Å². The highest BCUT2D eigenvalue weighted by Crippen LogP contribution is 2.43. The molecule has 2 aromatic carbocycles. The summed E-state index contributed by atoms with van der Waals surface area (Å²) >= 11 is 0. The third-order valence-corrected chi connectivity index (χ3v) is 4.67. The number of benzene rings is 2. The molecule has 0 bridgehead atoms. The molecule has 0 saturated carbocycles. The van der Waals surface area contributed by atoms with Crippen molar-refractivity contribution in [2.75, 3.05) is 33.0 Å². The Kier molecular flexibility index (Phi) is 4.84. The molecule has 0 spiro atoms. The molecule has 0 unspecified atom stereocenters. The summed E-state index contributed by atoms with van der Waals surface area (Å²) in [5, 5.41) is 3.32. The fraction of sp³-hybridized carbons (Fsp3) is 0.368. The molecule has 1 saturated heterocycles. The van der Waals surface area contributed by atoms with E-state index in [-0.39, 0.29) is 18.6 Å². The van der Waals surface area contributed by atoms with Gasteiger partial charge in [0.1, 0.15) is 5.75 Å². The highest BCUT2D eigenvalue weighted by Gasteiger charge is 2.32. The van der Waals surface area contributed by atoms with Gasteiger partial charge in [0.25, 0.3) is 0 Å². The second-order valence-corrected chi connectivity index (χ2v) is 6.39. The predicted octanol–water partition coefficient (Wildman–Crippen LogP) is 3.31. The minimum absolute atomic E-state index is 0.149. The van der Waals surface area contributed by atoms with Crippen LogP contribution in [-0.2, 0) is 0 Å². The summed E-state index contributed by atoms with van der Waals surface area (Å²) in [6.45, 7) is 3.49. The number of hydrogen-bond donors (Lipinski definition) is 1. The number of rotatable bonds is 4. The van der Waals surface area contributed by atoms with Crippen molar-refractivity contribution in [2.24, 2.45) is 0 Å². The Morgan fingerprint density at radius 3 is 2.44 bits per heavy atom. The van der Waals surface area contributed by atoms with Crippen LogP contribution in [0.4, 0.5) is 13.2 Å². The van der Waals surface area contributed by atoms with Crippen LogP contribution >= 0.6 is 0 Å². The van der Waals surface area contributed by atoms with Crippen molar-refractivity contribution in [3.63, 3.8) is 0 Å². The summed E-state index contributed by atoms with van der Waals surface area (Å²) < 4.78 is 52.5. The summed E-state index contributed by atoms with van der Waals surface area (Å²) in [7, 11) is 0. The number of hydrogen-bond acceptors (Lipinski definition) is 5. The molecule has 27 heavy (non-hydrogen) atoms. The van der Waals surface area contributed by atoms with Gasteiger partial charge >= 0.3 is 6.36 Å². The van der Waals surface area contributed by atoms with E-state index < -0.39 is 6.36 Å². The third kappa shape index (κ3) is 3.96. The number of fused-ring (bicyclic) bond motifs is 1. The average molecular weight is 380 g/mol. The van der Waals surface area contributed by atoms with Gasteiger partial charge in [0.15, 0.2) is 11.5 Å². The molecule has 8 heteroatoms. The maximum absolute atomic E-state index is 12.4. The molecule has 2 aliphatic rings. The molecule has 0 amide bonds. The Morgan fingerprint density at radius 1 is 1.00 bits per heavy atom. The van der Waals surface area contributed by atoms with Crippen molar-refractivity contribution in [2.45, 2.75) is 12.4 Å². The Hall–Kier alpha value is -2.45. The Bertz CT molecular complexity index is 790. The van der Waals surface area contributed by atoms with E-state index >= 15 is 0 Å². The normalized spacial score (nSPS) is 18.3. The lowest BCUT2D eigenvalue weighted by Gasteiger charge is -2.36. The molecule has 5 nitrogen and oxygen atoms in total. The van der Waals surface area contributed by atoms with Crippen LogP contribution in [0.5, 0.6) is 17.2 Å². The van der Waals surface area contributed by atoms with E-state index in [0.29, 0.717) is 11.5 Å². The lowest BCUT2D eigenvalue weighted by atomic mass is 9.95. The highest BCUT2D eigenvalue weighted by atomic mass is 19.4. The SMILES string of the molecule is FC(F)(F)Oc1ccc([C@@H](c2cccc3c2OCO3)N2CCNCC2)cc1. The smallest absolute Gasteiger partial charge is 0.454 e. The van der Waals surface area contributed by atoms with E-state index in [9.17, 15) is 13.2 Å². The standard InChI is InChI=1S/C19H19F3N2O3/c20-19(21,22)27-14-6-4-13(5-7-14)17(24-10-8-23-9-11-24)15-2-1-3-16-18(15)26-12-25-16/h1-7,17,23H,8-12H2/t17-/m0/s1. The molecule has 2 aliphatic heterocycles. The van der Waals surface area contributed by atoms with Gasteiger partial charge in [-0.15, -0.1) is 13.2 Å². The van der Waals surface area contributed by atoms with Crippen LogP contribution in [0.1, 0.15) is 17.2 Å². The van der Waals surface area contributed by atoms with Gasteiger partial charge in [-0.1, -0.05) is 24.3 Å². The van der Waals surface area contributed by atoms with Gasteiger partial charge in [-0.3, -0.25) is 4.90 Å². The second kappa shape index (κ2) is 7.28. The molecular formula is C19H19F3N2O3. The van der Waals surface area contributed by atoms with Gasteiger partial charge < -0.3 is 19.5 Å². The lowest BCUT2D eigenvalue weighted by Crippen LogP contribution is -2.45. The molecule has 0 aliphatic carbocycles. The zero-order valence-electron chi connectivity index (χ0n) is 14.5. The molecule has 0 radical (unpaired) electrons. The summed E-state index contributed by atoms with van der Waals surface area (Å²) in [5.74, 6) is 1.14. The molecule has 2 heterocycles. The third-order valence-electron chi connectivity index (χ3n) is 4.67. The first-order valence-electron chi connectivity index (χ1n) is 8.70. The Labute approximate surface area is 154 Å². The number of alkyl halides is 3. The van der Waals surface area contributed by atoms with Crippen LogP contribution in [0.2, 0.25) is 0 Å². The van der Waals surface area contributed by atoms with Crippen LogP contribution in [-0.4, -0.2) is 44.2 Å². The molecule has 4 rings (SSSR count). The van der Waals surface area contributed by atoms with Crippen LogP contribution in [0.3, 0.4) is 0 Å². The number of ether oxygens (including phenoxy) is 3. The zero-order valence-corrected chi connectivity index (χ0v) is 14.5. The molecule has 144 valence electrons. The second-order valence-electron chi connectivity index (χ2n) is 6.39. The minimum atomic E-state index is -4.70. The highest BCUT2D eigenvalue weighted by molar-refractivity contribution is 5.52. The first kappa shape index (κ1) is 17.9. The molecule has 1 fully saturated rings. The van der Waals surface area contributed by atoms with Crippen LogP contribution in [0.25, 0.3) is 0 Å². The summed E-state index contributed by atoms with van der Waals surface area (Å²) in [4.78, 5) is 2.29. The minimum Gasteiger partial charge on any atom is -0.454 e. The van der Waals surface area contributed by atoms with E-state index in [4.69, 9.17) is 9.47 Å². The van der Waals surface area contributed by atoms with Gasteiger partial charge in [-0.25, -0.2) is 0 Å². The quantitative estimate of drug-likeness (QED) is 0.882. The van der Waals surface area contributed by atoms with Crippen molar-refractivity contribution >= 4 is 0 Å². The van der Waals surface area contributed by atoms with Gasteiger partial charge in [0.05, 0.1) is 6.04 Å². The Balaban J connectivity index is 1.70. The number of para-hydroxylation sites is 1. The van der Waals surface area contributed by atoms with E-state index in [2.05, 4.69) is 15.0 Å². The van der Waals surface area contributed by atoms with Crippen LogP contribution in [0, 0.1) is 0 Å². The number of nitrogens with zero attached hydrogens (tertiary/aromatic N) is 1. The Morgan fingerprint density at radius 2 is 1.74 bits per heavy atom. The van der Waals surface area contributed by atoms with Crippen molar-refractivity contribution < 1.29 is 27.4 Å². The molecule has 0 aromatic heterocycles. The lowest BCUT2D eigenvalue weighted by molar-refractivity contribution is -0.274. The fourth-order valence-electron chi connectivity index (χ4n) is 3.55. The fourth-order valence-corrected chi connectivity index (χ4v) is 3.55. The summed E-state index contributed by atoms with van der Waals surface area (Å²) in [6.07, 6.45) is -4.70. The molecule has 1 atom stereocenters. The first-order valence-corrected chi connectivity index (χ1v) is 8.70. The molecule has 1 N–H and O–H groups in total. The number of piperazine rings is 1. The monoisotopic (exact) mass is 380 g/mol. The predicted molar refractivity (Wildman–Crippen MR) is 92.0 cm³/mol. The van der Waals surface area contributed by atoms with Gasteiger partial charge in [0.2, 0.25) is 6.79 Å². The zero-order chi connectivity index (χ0) is 18.9.